The number of rotatable bonds is 6. The first kappa shape index (κ1) is 21.1. The van der Waals surface area contributed by atoms with Gasteiger partial charge in [0.05, 0.1) is 19.3 Å². The summed E-state index contributed by atoms with van der Waals surface area (Å²) >= 11 is 5.92. The summed E-state index contributed by atoms with van der Waals surface area (Å²) in [5.41, 5.74) is 1.74. The lowest BCUT2D eigenvalue weighted by Gasteiger charge is -2.23. The lowest BCUT2D eigenvalue weighted by molar-refractivity contribution is -0.123. The number of nitrogens with zero attached hydrogens (tertiary/aromatic N) is 4. The van der Waals surface area contributed by atoms with Gasteiger partial charge in [-0.25, -0.2) is 0 Å². The fourth-order valence-corrected chi connectivity index (χ4v) is 3.51. The molecule has 0 bridgehead atoms. The highest BCUT2D eigenvalue weighted by Gasteiger charge is 2.22. The molecule has 4 rings (SSSR count). The molecule has 0 fully saturated rings. The van der Waals surface area contributed by atoms with E-state index in [4.69, 9.17) is 21.1 Å². The zero-order valence-electron chi connectivity index (χ0n) is 17.4. The molecule has 0 saturated heterocycles. The van der Waals surface area contributed by atoms with Gasteiger partial charge >= 0.3 is 0 Å². The Morgan fingerprint density at radius 1 is 1.13 bits per heavy atom. The van der Waals surface area contributed by atoms with Gasteiger partial charge in [0.1, 0.15) is 6.54 Å². The van der Waals surface area contributed by atoms with Gasteiger partial charge in [-0.15, -0.1) is 10.2 Å². The molecule has 1 aromatic heterocycles. The van der Waals surface area contributed by atoms with Crippen LogP contribution in [0.15, 0.2) is 42.5 Å². The fraction of sp³-hybridized carbons (Fsp3) is 0.364. The standard InChI is InChI=1S/C22H24ClN5O3/c1-14(2)21(16-6-9-18-19(12-16)31-11-3-10-30-18)24-20(29)13-28-26-22(25-27-28)15-4-7-17(23)8-5-15/h4-9,12,14,21H,3,10-11,13H2,1-2H3,(H,24,29). The van der Waals surface area contributed by atoms with Crippen molar-refractivity contribution in [1.29, 1.82) is 0 Å². The van der Waals surface area contributed by atoms with Gasteiger partial charge in [-0.05, 0) is 53.1 Å². The van der Waals surface area contributed by atoms with E-state index in [0.29, 0.717) is 29.8 Å². The second-order valence-electron chi connectivity index (χ2n) is 7.70. The molecule has 3 aromatic rings. The molecule has 2 heterocycles. The van der Waals surface area contributed by atoms with E-state index in [1.807, 2.05) is 30.3 Å². The van der Waals surface area contributed by atoms with Crippen LogP contribution in [0, 0.1) is 5.92 Å². The minimum absolute atomic E-state index is 0.0334. The van der Waals surface area contributed by atoms with Crippen molar-refractivity contribution in [2.24, 2.45) is 5.92 Å². The molecule has 1 atom stereocenters. The molecule has 0 saturated carbocycles. The Bertz CT molecular complexity index is 1050. The van der Waals surface area contributed by atoms with Crippen molar-refractivity contribution >= 4 is 17.5 Å². The normalized spacial score (nSPS) is 14.2. The lowest BCUT2D eigenvalue weighted by Crippen LogP contribution is -2.34. The van der Waals surface area contributed by atoms with E-state index in [-0.39, 0.29) is 24.4 Å². The van der Waals surface area contributed by atoms with Crippen LogP contribution in [0.3, 0.4) is 0 Å². The van der Waals surface area contributed by atoms with Crippen molar-refractivity contribution in [3.8, 4) is 22.9 Å². The predicted molar refractivity (Wildman–Crippen MR) is 116 cm³/mol. The predicted octanol–water partition coefficient (Wildman–Crippen LogP) is 3.67. The van der Waals surface area contributed by atoms with Crippen LogP contribution in [0.25, 0.3) is 11.4 Å². The van der Waals surface area contributed by atoms with Gasteiger partial charge in [-0.3, -0.25) is 4.79 Å². The summed E-state index contributed by atoms with van der Waals surface area (Å²) < 4.78 is 11.5. The summed E-state index contributed by atoms with van der Waals surface area (Å²) in [7, 11) is 0. The van der Waals surface area contributed by atoms with Crippen LogP contribution in [-0.2, 0) is 11.3 Å². The number of nitrogens with one attached hydrogen (secondary N) is 1. The zero-order chi connectivity index (χ0) is 21.8. The summed E-state index contributed by atoms with van der Waals surface area (Å²) in [5.74, 6) is 1.85. The second-order valence-corrected chi connectivity index (χ2v) is 8.13. The Labute approximate surface area is 185 Å². The Balaban J connectivity index is 1.45. The first-order chi connectivity index (χ1) is 15.0. The van der Waals surface area contributed by atoms with E-state index in [0.717, 1.165) is 23.3 Å². The molecule has 1 N–H and O–H groups in total. The molecule has 8 nitrogen and oxygen atoms in total. The van der Waals surface area contributed by atoms with Crippen molar-refractivity contribution in [1.82, 2.24) is 25.5 Å². The maximum atomic E-state index is 12.7. The molecule has 162 valence electrons. The maximum Gasteiger partial charge on any atom is 0.244 e. The van der Waals surface area contributed by atoms with Crippen molar-refractivity contribution < 1.29 is 14.3 Å². The van der Waals surface area contributed by atoms with E-state index in [1.54, 1.807) is 12.1 Å². The number of ether oxygens (including phenoxy) is 2. The highest BCUT2D eigenvalue weighted by Crippen LogP contribution is 2.34. The van der Waals surface area contributed by atoms with Crippen LogP contribution in [0.5, 0.6) is 11.5 Å². The van der Waals surface area contributed by atoms with Gasteiger partial charge in [0.25, 0.3) is 0 Å². The number of aromatic nitrogens is 4. The van der Waals surface area contributed by atoms with Crippen LogP contribution in [-0.4, -0.2) is 39.3 Å². The van der Waals surface area contributed by atoms with Gasteiger partial charge in [-0.1, -0.05) is 31.5 Å². The molecular weight excluding hydrogens is 418 g/mol. The molecule has 9 heteroatoms. The van der Waals surface area contributed by atoms with Crippen LogP contribution >= 0.6 is 11.6 Å². The molecular formula is C22H24ClN5O3. The largest absolute Gasteiger partial charge is 0.490 e. The van der Waals surface area contributed by atoms with Crippen molar-refractivity contribution in [2.75, 3.05) is 13.2 Å². The number of fused-ring (bicyclic) bond motifs is 1. The van der Waals surface area contributed by atoms with E-state index in [2.05, 4.69) is 34.6 Å². The molecule has 1 unspecified atom stereocenters. The highest BCUT2D eigenvalue weighted by molar-refractivity contribution is 6.30. The topological polar surface area (TPSA) is 91.2 Å². The average Bonchev–Trinajstić information content (AvgIpc) is 3.08. The maximum absolute atomic E-state index is 12.7. The molecule has 1 aliphatic rings. The average molecular weight is 442 g/mol. The zero-order valence-corrected chi connectivity index (χ0v) is 18.2. The molecule has 31 heavy (non-hydrogen) atoms. The summed E-state index contributed by atoms with van der Waals surface area (Å²) in [5, 5.41) is 16.0. The number of hydrogen-bond donors (Lipinski definition) is 1. The van der Waals surface area contributed by atoms with E-state index in [9.17, 15) is 4.79 Å². The Kier molecular flexibility index (Phi) is 6.36. The fourth-order valence-electron chi connectivity index (χ4n) is 3.38. The molecule has 1 aliphatic heterocycles. The minimum atomic E-state index is -0.203. The number of tetrazole rings is 1. The summed E-state index contributed by atoms with van der Waals surface area (Å²) in [6.07, 6.45) is 0.845. The quantitative estimate of drug-likeness (QED) is 0.627. The first-order valence-corrected chi connectivity index (χ1v) is 10.6. The lowest BCUT2D eigenvalue weighted by atomic mass is 9.95. The Morgan fingerprint density at radius 2 is 1.87 bits per heavy atom. The number of halogens is 1. The Hall–Kier alpha value is -3.13. The van der Waals surface area contributed by atoms with Gasteiger partial charge in [0, 0.05) is 17.0 Å². The van der Waals surface area contributed by atoms with Crippen molar-refractivity contribution in [3.05, 3.63) is 53.1 Å². The minimum Gasteiger partial charge on any atom is -0.490 e. The van der Waals surface area contributed by atoms with Crippen molar-refractivity contribution in [3.63, 3.8) is 0 Å². The Morgan fingerprint density at radius 3 is 2.61 bits per heavy atom. The third-order valence-corrected chi connectivity index (χ3v) is 5.21. The van der Waals surface area contributed by atoms with Gasteiger partial charge < -0.3 is 14.8 Å². The molecule has 0 radical (unpaired) electrons. The van der Waals surface area contributed by atoms with Crippen LogP contribution in [0.1, 0.15) is 31.9 Å². The smallest absolute Gasteiger partial charge is 0.244 e. The summed E-state index contributed by atoms with van der Waals surface area (Å²) in [6.45, 7) is 5.33. The monoisotopic (exact) mass is 441 g/mol. The van der Waals surface area contributed by atoms with Gasteiger partial charge in [-0.2, -0.15) is 4.80 Å². The molecule has 0 aliphatic carbocycles. The number of amides is 1. The number of carbonyl (C=O) groups excluding carboxylic acids is 1. The number of hydrogen-bond acceptors (Lipinski definition) is 6. The second kappa shape index (κ2) is 9.34. The highest BCUT2D eigenvalue weighted by atomic mass is 35.5. The third-order valence-electron chi connectivity index (χ3n) is 4.95. The van der Waals surface area contributed by atoms with Crippen LogP contribution in [0.4, 0.5) is 0 Å². The van der Waals surface area contributed by atoms with Crippen LogP contribution < -0.4 is 14.8 Å². The van der Waals surface area contributed by atoms with E-state index in [1.165, 1.54) is 4.80 Å². The third kappa shape index (κ3) is 5.14. The molecule has 0 spiro atoms. The molecule has 2 aromatic carbocycles. The van der Waals surface area contributed by atoms with Crippen LogP contribution in [0.2, 0.25) is 5.02 Å². The first-order valence-electron chi connectivity index (χ1n) is 10.2. The number of carbonyl (C=O) groups is 1. The SMILES string of the molecule is CC(C)C(NC(=O)Cn1nnc(-c2ccc(Cl)cc2)n1)c1ccc2c(c1)OCCCO2. The number of benzene rings is 2. The van der Waals surface area contributed by atoms with Gasteiger partial charge in [0.2, 0.25) is 11.7 Å². The van der Waals surface area contributed by atoms with E-state index < -0.39 is 0 Å². The van der Waals surface area contributed by atoms with Gasteiger partial charge in [0.15, 0.2) is 11.5 Å². The van der Waals surface area contributed by atoms with E-state index >= 15 is 0 Å². The molecule has 1 amide bonds. The summed E-state index contributed by atoms with van der Waals surface area (Å²) in [6, 6.07) is 12.7. The van der Waals surface area contributed by atoms with Crippen molar-refractivity contribution in [2.45, 2.75) is 32.9 Å². The summed E-state index contributed by atoms with van der Waals surface area (Å²) in [4.78, 5) is 14.0.